The summed E-state index contributed by atoms with van der Waals surface area (Å²) in [5.74, 6) is 1.08. The van der Waals surface area contributed by atoms with Gasteiger partial charge in [-0.3, -0.25) is 9.79 Å². The van der Waals surface area contributed by atoms with Crippen molar-refractivity contribution in [1.82, 2.24) is 9.97 Å². The van der Waals surface area contributed by atoms with Gasteiger partial charge in [-0.25, -0.2) is 4.98 Å². The second kappa shape index (κ2) is 5.11. The number of hydrogen-bond donors (Lipinski definition) is 1. The molecule has 2 heterocycles. The van der Waals surface area contributed by atoms with Crippen molar-refractivity contribution in [3.63, 3.8) is 0 Å². The molecule has 4 rings (SSSR count). The number of carbonyl (C=O) groups is 1. The van der Waals surface area contributed by atoms with E-state index >= 15 is 0 Å². The molecule has 0 radical (unpaired) electrons. The van der Waals surface area contributed by atoms with Crippen molar-refractivity contribution in [1.29, 1.82) is 0 Å². The van der Waals surface area contributed by atoms with Gasteiger partial charge in [-0.05, 0) is 24.3 Å². The number of aromatic nitrogens is 2. The molecule has 5 nitrogen and oxygen atoms in total. The van der Waals surface area contributed by atoms with Crippen LogP contribution in [0.2, 0.25) is 0 Å². The molecule has 0 saturated carbocycles. The topological polar surface area (TPSA) is 67.3 Å². The lowest BCUT2D eigenvalue weighted by molar-refractivity contribution is -0.133. The van der Waals surface area contributed by atoms with E-state index in [1.54, 1.807) is 6.07 Å². The number of aromatic amines is 1. The Morgan fingerprint density at radius 3 is 2.86 bits per heavy atom. The molecule has 0 atom stereocenters. The number of aliphatic imine (C=N–C) groups is 1. The lowest BCUT2D eigenvalue weighted by atomic mass is 10.0. The Balaban J connectivity index is 1.66. The Morgan fingerprint density at radius 1 is 1.14 bits per heavy atom. The minimum Gasteiger partial charge on any atom is -0.426 e. The number of ether oxygens (including phenoxy) is 1. The molecule has 0 aliphatic carbocycles. The molecular weight excluding hydrogens is 278 g/mol. The molecule has 0 saturated heterocycles. The number of esters is 1. The van der Waals surface area contributed by atoms with E-state index in [2.05, 4.69) is 15.0 Å². The SMILES string of the molecule is O=C1CC(=NCc2nc3ccccc3[nH]2)c2ccccc2O1. The van der Waals surface area contributed by atoms with Crippen LogP contribution in [0, 0.1) is 0 Å². The van der Waals surface area contributed by atoms with Crippen molar-refractivity contribution in [2.45, 2.75) is 13.0 Å². The summed E-state index contributed by atoms with van der Waals surface area (Å²) >= 11 is 0. The van der Waals surface area contributed by atoms with E-state index in [9.17, 15) is 4.79 Å². The molecule has 0 unspecified atom stereocenters. The average molecular weight is 291 g/mol. The van der Waals surface area contributed by atoms with Gasteiger partial charge in [0.15, 0.2) is 0 Å². The number of nitrogens with one attached hydrogen (secondary N) is 1. The first-order valence-electron chi connectivity index (χ1n) is 7.06. The van der Waals surface area contributed by atoms with Crippen molar-refractivity contribution < 1.29 is 9.53 Å². The van der Waals surface area contributed by atoms with Crippen molar-refractivity contribution >= 4 is 22.7 Å². The minimum absolute atomic E-state index is 0.192. The van der Waals surface area contributed by atoms with Crippen LogP contribution in [0.4, 0.5) is 0 Å². The third-order valence-corrected chi connectivity index (χ3v) is 3.59. The molecule has 0 fully saturated rings. The predicted octanol–water partition coefficient (Wildman–Crippen LogP) is 2.86. The minimum atomic E-state index is -0.276. The van der Waals surface area contributed by atoms with E-state index in [-0.39, 0.29) is 12.4 Å². The summed E-state index contributed by atoms with van der Waals surface area (Å²) in [5.41, 5.74) is 3.52. The van der Waals surface area contributed by atoms with Gasteiger partial charge in [0.05, 0.1) is 29.7 Å². The van der Waals surface area contributed by atoms with Gasteiger partial charge in [-0.1, -0.05) is 24.3 Å². The molecule has 0 bridgehead atoms. The number of benzene rings is 2. The quantitative estimate of drug-likeness (QED) is 0.583. The first-order valence-corrected chi connectivity index (χ1v) is 7.06. The summed E-state index contributed by atoms with van der Waals surface area (Å²) in [6, 6.07) is 15.3. The van der Waals surface area contributed by atoms with Crippen molar-refractivity contribution in [2.75, 3.05) is 0 Å². The van der Waals surface area contributed by atoms with Crippen LogP contribution in [-0.4, -0.2) is 21.6 Å². The molecule has 0 amide bonds. The van der Waals surface area contributed by atoms with E-state index in [1.807, 2.05) is 42.5 Å². The monoisotopic (exact) mass is 291 g/mol. The standard InChI is InChI=1S/C17H13N3O2/c21-17-9-14(11-5-1-4-8-15(11)22-17)18-10-16-19-12-6-2-3-7-13(12)20-16/h1-8H,9-10H2,(H,19,20). The Kier molecular flexibility index (Phi) is 2.96. The van der Waals surface area contributed by atoms with Gasteiger partial charge in [0.1, 0.15) is 11.6 Å². The van der Waals surface area contributed by atoms with Crippen LogP contribution in [0.3, 0.4) is 0 Å². The van der Waals surface area contributed by atoms with E-state index in [0.717, 1.165) is 28.1 Å². The van der Waals surface area contributed by atoms with Gasteiger partial charge < -0.3 is 9.72 Å². The number of nitrogens with zero attached hydrogens (tertiary/aromatic N) is 2. The second-order valence-electron chi connectivity index (χ2n) is 5.11. The van der Waals surface area contributed by atoms with Crippen LogP contribution in [0.1, 0.15) is 17.8 Å². The zero-order chi connectivity index (χ0) is 14.9. The summed E-state index contributed by atoms with van der Waals surface area (Å²) in [4.78, 5) is 24.0. The number of hydrogen-bond acceptors (Lipinski definition) is 4. The Labute approximate surface area is 126 Å². The fourth-order valence-electron chi connectivity index (χ4n) is 2.58. The van der Waals surface area contributed by atoms with Crippen LogP contribution in [-0.2, 0) is 11.3 Å². The van der Waals surface area contributed by atoms with E-state index in [0.29, 0.717) is 12.3 Å². The number of imidazole rings is 1. The highest BCUT2D eigenvalue weighted by atomic mass is 16.5. The van der Waals surface area contributed by atoms with Gasteiger partial charge in [-0.2, -0.15) is 0 Å². The highest BCUT2D eigenvalue weighted by molar-refractivity contribution is 6.13. The Hall–Kier alpha value is -2.95. The van der Waals surface area contributed by atoms with E-state index in [4.69, 9.17) is 4.74 Å². The molecule has 108 valence electrons. The zero-order valence-electron chi connectivity index (χ0n) is 11.7. The molecule has 0 spiro atoms. The highest BCUT2D eigenvalue weighted by Crippen LogP contribution is 2.25. The molecule has 1 aliphatic rings. The van der Waals surface area contributed by atoms with E-state index < -0.39 is 0 Å². The number of carbonyl (C=O) groups excluding carboxylic acids is 1. The highest BCUT2D eigenvalue weighted by Gasteiger charge is 2.22. The fourth-order valence-corrected chi connectivity index (χ4v) is 2.58. The number of fused-ring (bicyclic) bond motifs is 2. The van der Waals surface area contributed by atoms with Gasteiger partial charge in [-0.15, -0.1) is 0 Å². The third kappa shape index (κ3) is 2.26. The molecule has 1 aromatic heterocycles. The first kappa shape index (κ1) is 12.8. The van der Waals surface area contributed by atoms with Gasteiger partial charge in [0.2, 0.25) is 0 Å². The van der Waals surface area contributed by atoms with Gasteiger partial charge >= 0.3 is 5.97 Å². The number of rotatable bonds is 2. The summed E-state index contributed by atoms with van der Waals surface area (Å²) in [6.07, 6.45) is 0.192. The molecule has 1 aliphatic heterocycles. The third-order valence-electron chi connectivity index (χ3n) is 3.59. The maximum absolute atomic E-state index is 11.7. The lowest BCUT2D eigenvalue weighted by Gasteiger charge is -2.17. The van der Waals surface area contributed by atoms with Crippen LogP contribution < -0.4 is 4.74 Å². The van der Waals surface area contributed by atoms with Gasteiger partial charge in [0, 0.05) is 5.56 Å². The Bertz CT molecular complexity index is 863. The molecule has 3 aromatic rings. The van der Waals surface area contributed by atoms with E-state index in [1.165, 1.54) is 0 Å². The largest absolute Gasteiger partial charge is 0.426 e. The van der Waals surface area contributed by atoms with Crippen molar-refractivity contribution in [3.8, 4) is 5.75 Å². The van der Waals surface area contributed by atoms with Crippen LogP contribution in [0.15, 0.2) is 53.5 Å². The Morgan fingerprint density at radius 2 is 1.95 bits per heavy atom. The number of H-pyrrole nitrogens is 1. The van der Waals surface area contributed by atoms with Crippen molar-refractivity contribution in [3.05, 3.63) is 59.9 Å². The molecule has 5 heteroatoms. The fraction of sp³-hybridized carbons (Fsp3) is 0.118. The average Bonchev–Trinajstić information content (AvgIpc) is 2.95. The van der Waals surface area contributed by atoms with Crippen molar-refractivity contribution in [2.24, 2.45) is 4.99 Å². The van der Waals surface area contributed by atoms with Crippen LogP contribution in [0.25, 0.3) is 11.0 Å². The number of para-hydroxylation sites is 3. The molecule has 22 heavy (non-hydrogen) atoms. The second-order valence-corrected chi connectivity index (χ2v) is 5.11. The maximum Gasteiger partial charge on any atom is 0.317 e. The molecule has 1 N–H and O–H groups in total. The predicted molar refractivity (Wildman–Crippen MR) is 83.0 cm³/mol. The smallest absolute Gasteiger partial charge is 0.317 e. The van der Waals surface area contributed by atoms with Crippen LogP contribution in [0.5, 0.6) is 5.75 Å². The van der Waals surface area contributed by atoms with Crippen LogP contribution >= 0.6 is 0 Å². The molecular formula is C17H13N3O2. The molecule has 2 aromatic carbocycles. The van der Waals surface area contributed by atoms with Gasteiger partial charge in [0.25, 0.3) is 0 Å². The first-order chi connectivity index (χ1) is 10.8. The zero-order valence-corrected chi connectivity index (χ0v) is 11.7. The maximum atomic E-state index is 11.7. The summed E-state index contributed by atoms with van der Waals surface area (Å²) in [5, 5.41) is 0. The normalized spacial score (nSPS) is 15.8. The summed E-state index contributed by atoms with van der Waals surface area (Å²) in [7, 11) is 0. The lowest BCUT2D eigenvalue weighted by Crippen LogP contribution is -2.22. The summed E-state index contributed by atoms with van der Waals surface area (Å²) in [6.45, 7) is 0.408. The summed E-state index contributed by atoms with van der Waals surface area (Å²) < 4.78 is 5.22.